The molecule has 2 heterocycles. The van der Waals surface area contributed by atoms with E-state index in [-0.39, 0.29) is 0 Å². The third kappa shape index (κ3) is 4.18. The lowest BCUT2D eigenvalue weighted by molar-refractivity contribution is 1.15. The van der Waals surface area contributed by atoms with Gasteiger partial charge in [0.05, 0.1) is 5.69 Å². The van der Waals surface area contributed by atoms with Crippen LogP contribution in [0, 0.1) is 0 Å². The normalized spacial score (nSPS) is 11.7. The number of hydrogen-bond acceptors (Lipinski definition) is 2. The molecule has 0 fully saturated rings. The van der Waals surface area contributed by atoms with Crippen LogP contribution in [0.2, 0.25) is 0 Å². The Labute approximate surface area is 259 Å². The molecular formula is C42H27NS. The summed E-state index contributed by atoms with van der Waals surface area (Å²) in [5, 5.41) is 10.3. The third-order valence-corrected chi connectivity index (χ3v) is 10.1. The Morgan fingerprint density at radius 2 is 0.955 bits per heavy atom. The average Bonchev–Trinajstić information content (AvgIpc) is 3.47. The molecule has 9 rings (SSSR count). The first kappa shape index (κ1) is 25.2. The van der Waals surface area contributed by atoms with Crippen LogP contribution in [-0.4, -0.2) is 4.98 Å². The van der Waals surface area contributed by atoms with Crippen LogP contribution in [0.1, 0.15) is 11.1 Å². The van der Waals surface area contributed by atoms with E-state index >= 15 is 0 Å². The second kappa shape index (κ2) is 10.2. The van der Waals surface area contributed by atoms with E-state index in [9.17, 15) is 0 Å². The molecule has 0 bridgehead atoms. The van der Waals surface area contributed by atoms with E-state index in [4.69, 9.17) is 4.98 Å². The Hall–Kier alpha value is -5.31. The molecule has 0 amide bonds. The first-order valence-corrected chi connectivity index (χ1v) is 15.9. The number of thiophene rings is 1. The lowest BCUT2D eigenvalue weighted by atomic mass is 9.90. The zero-order valence-electron chi connectivity index (χ0n) is 24.0. The molecule has 0 aliphatic heterocycles. The number of nitrogens with zero attached hydrogens (tertiary/aromatic N) is 1. The number of benzene rings is 7. The van der Waals surface area contributed by atoms with Crippen molar-refractivity contribution in [3.8, 4) is 22.4 Å². The highest BCUT2D eigenvalue weighted by atomic mass is 32.1. The summed E-state index contributed by atoms with van der Waals surface area (Å²) < 4.78 is 2.68. The number of fused-ring (bicyclic) bond motifs is 9. The maximum atomic E-state index is 4.88. The summed E-state index contributed by atoms with van der Waals surface area (Å²) in [6, 6.07) is 53.2. The van der Waals surface area contributed by atoms with Crippen LogP contribution in [0.25, 0.3) is 74.9 Å². The van der Waals surface area contributed by atoms with Gasteiger partial charge in [-0.3, -0.25) is 4.98 Å². The van der Waals surface area contributed by atoms with Gasteiger partial charge in [0.1, 0.15) is 0 Å². The second-order valence-corrected chi connectivity index (χ2v) is 12.7. The van der Waals surface area contributed by atoms with Gasteiger partial charge in [-0.15, -0.1) is 11.3 Å². The second-order valence-electron chi connectivity index (χ2n) is 11.6. The Morgan fingerprint density at radius 1 is 0.386 bits per heavy atom. The van der Waals surface area contributed by atoms with Crippen LogP contribution >= 0.6 is 11.3 Å². The zero-order valence-corrected chi connectivity index (χ0v) is 24.8. The summed E-state index contributed by atoms with van der Waals surface area (Å²) in [4.78, 5) is 4.88. The van der Waals surface area contributed by atoms with Gasteiger partial charge in [-0.25, -0.2) is 0 Å². The molecule has 0 aliphatic carbocycles. The Kier molecular flexibility index (Phi) is 5.82. The van der Waals surface area contributed by atoms with Gasteiger partial charge < -0.3 is 0 Å². The van der Waals surface area contributed by atoms with Crippen LogP contribution in [0.15, 0.2) is 152 Å². The van der Waals surface area contributed by atoms with Gasteiger partial charge in [0.15, 0.2) is 0 Å². The third-order valence-electron chi connectivity index (χ3n) is 8.92. The first-order chi connectivity index (χ1) is 21.8. The quantitative estimate of drug-likeness (QED) is 0.190. The summed E-state index contributed by atoms with van der Waals surface area (Å²) in [5.74, 6) is 0. The molecule has 1 nitrogen and oxygen atoms in total. The summed E-state index contributed by atoms with van der Waals surface area (Å²) >= 11 is 1.87. The van der Waals surface area contributed by atoms with Gasteiger partial charge in [0, 0.05) is 31.9 Å². The summed E-state index contributed by atoms with van der Waals surface area (Å²) in [7, 11) is 0. The van der Waals surface area contributed by atoms with Crippen molar-refractivity contribution in [2.75, 3.05) is 0 Å². The molecule has 2 heteroatoms. The van der Waals surface area contributed by atoms with E-state index in [2.05, 4.69) is 146 Å². The smallest absolute Gasteiger partial charge is 0.0702 e. The van der Waals surface area contributed by atoms with Crippen molar-refractivity contribution in [2.24, 2.45) is 0 Å². The van der Waals surface area contributed by atoms with Gasteiger partial charge in [-0.2, -0.15) is 0 Å². The molecule has 0 unspecified atom stereocenters. The molecule has 0 spiro atoms. The van der Waals surface area contributed by atoms with Gasteiger partial charge >= 0.3 is 0 Å². The zero-order chi connectivity index (χ0) is 29.0. The maximum Gasteiger partial charge on any atom is 0.0702 e. The fourth-order valence-electron chi connectivity index (χ4n) is 6.73. The number of hydrogen-bond donors (Lipinski definition) is 0. The average molecular weight is 578 g/mol. The lowest BCUT2D eigenvalue weighted by Crippen LogP contribution is -1.91. The molecule has 0 N–H and O–H groups in total. The summed E-state index contributed by atoms with van der Waals surface area (Å²) in [5.41, 5.74) is 7.16. The molecule has 0 saturated heterocycles. The Morgan fingerprint density at radius 3 is 1.68 bits per heavy atom. The van der Waals surface area contributed by atoms with Gasteiger partial charge in [-0.1, -0.05) is 109 Å². The molecule has 0 atom stereocenters. The van der Waals surface area contributed by atoms with E-state index in [1.165, 1.54) is 74.7 Å². The van der Waals surface area contributed by atoms with Gasteiger partial charge in [0.25, 0.3) is 0 Å². The fraction of sp³-hybridized carbons (Fsp3) is 0.0238. The highest BCUT2D eigenvalue weighted by molar-refractivity contribution is 7.25. The highest BCUT2D eigenvalue weighted by Gasteiger charge is 2.13. The monoisotopic (exact) mass is 577 g/mol. The molecule has 0 saturated carbocycles. The van der Waals surface area contributed by atoms with Crippen LogP contribution in [0.4, 0.5) is 0 Å². The van der Waals surface area contributed by atoms with Crippen LogP contribution in [0.5, 0.6) is 0 Å². The van der Waals surface area contributed by atoms with E-state index in [1.807, 2.05) is 17.5 Å². The summed E-state index contributed by atoms with van der Waals surface area (Å²) in [6.45, 7) is 0. The van der Waals surface area contributed by atoms with Crippen molar-refractivity contribution in [3.63, 3.8) is 0 Å². The maximum absolute atomic E-state index is 4.88. The molecular weight excluding hydrogens is 551 g/mol. The van der Waals surface area contributed by atoms with E-state index in [1.54, 1.807) is 0 Å². The van der Waals surface area contributed by atoms with Gasteiger partial charge in [0.2, 0.25) is 0 Å². The molecule has 206 valence electrons. The number of aromatic nitrogens is 1. The topological polar surface area (TPSA) is 12.9 Å². The number of pyridine rings is 1. The standard InChI is InChI=1S/C42H27NS/c1-2-8-27(9-3-1)22-28-14-20-40(43-26-28)31-16-19-35-34-18-15-29(23-37(34)32-10-4-5-11-33(32)38(35)25-31)30-17-21-42-39(24-30)36-12-6-7-13-41(36)44-42/h1-21,23-26H,22H2. The Bertz CT molecular complexity index is 2490. The molecule has 7 aromatic carbocycles. The van der Waals surface area contributed by atoms with Crippen molar-refractivity contribution >= 4 is 63.8 Å². The molecule has 0 radical (unpaired) electrons. The van der Waals surface area contributed by atoms with E-state index in [0.717, 1.165) is 17.7 Å². The van der Waals surface area contributed by atoms with Crippen molar-refractivity contribution in [1.82, 2.24) is 4.98 Å². The molecule has 2 aromatic heterocycles. The molecule has 0 aliphatic rings. The number of rotatable bonds is 4. The van der Waals surface area contributed by atoms with Crippen LogP contribution in [0.3, 0.4) is 0 Å². The molecule has 44 heavy (non-hydrogen) atoms. The minimum absolute atomic E-state index is 0.891. The molecule has 9 aromatic rings. The lowest BCUT2D eigenvalue weighted by Gasteiger charge is -2.13. The van der Waals surface area contributed by atoms with Crippen molar-refractivity contribution in [3.05, 3.63) is 163 Å². The predicted octanol–water partition coefficient (Wildman–Crippen LogP) is 11.8. The van der Waals surface area contributed by atoms with Crippen molar-refractivity contribution in [2.45, 2.75) is 6.42 Å². The largest absolute Gasteiger partial charge is 0.256 e. The van der Waals surface area contributed by atoms with Crippen molar-refractivity contribution in [1.29, 1.82) is 0 Å². The minimum Gasteiger partial charge on any atom is -0.256 e. The summed E-state index contributed by atoms with van der Waals surface area (Å²) in [6.07, 6.45) is 2.91. The highest BCUT2D eigenvalue weighted by Crippen LogP contribution is 2.40. The van der Waals surface area contributed by atoms with Crippen molar-refractivity contribution < 1.29 is 0 Å². The minimum atomic E-state index is 0.891. The first-order valence-electron chi connectivity index (χ1n) is 15.1. The van der Waals surface area contributed by atoms with Gasteiger partial charge in [-0.05, 0) is 97.4 Å². The van der Waals surface area contributed by atoms with E-state index < -0.39 is 0 Å². The SMILES string of the molecule is c1ccc(Cc2ccc(-c3ccc4c5ccc(-c6ccc7sc8ccccc8c7c6)cc5c5ccccc5c4c3)nc2)cc1. The van der Waals surface area contributed by atoms with E-state index in [0.29, 0.717) is 0 Å². The Balaban J connectivity index is 1.16. The predicted molar refractivity (Wildman–Crippen MR) is 190 cm³/mol. The van der Waals surface area contributed by atoms with Crippen LogP contribution in [-0.2, 0) is 6.42 Å². The van der Waals surface area contributed by atoms with Crippen LogP contribution < -0.4 is 0 Å². The fourth-order valence-corrected chi connectivity index (χ4v) is 7.82.